The predicted molar refractivity (Wildman–Crippen MR) is 306 cm³/mol. The molecule has 3 aliphatic carbocycles. The van der Waals surface area contributed by atoms with Gasteiger partial charge in [0.05, 0.1) is 0 Å². The fourth-order valence-corrected chi connectivity index (χ4v) is 14.8. The third-order valence-electron chi connectivity index (χ3n) is 18.7. The van der Waals surface area contributed by atoms with E-state index in [9.17, 15) is 0 Å². The highest BCUT2D eigenvalue weighted by Gasteiger charge is 2.50. The van der Waals surface area contributed by atoms with Crippen LogP contribution in [0.25, 0.3) is 49.9 Å². The maximum Gasteiger partial charge on any atom is 0.329 e. The standard InChI is InChI=1S/C69H63BN2/c1-41-34-59-60(67(5,6)33-32-66(59,3)4)36-43(41)35-51-42(2)52-37-46(71(44-22-13-11-14-23-44)45-24-15-12-16-25-45)38-55-48-28-21-29-50-62-49-27-18-20-31-57(49)69(9,10)65(62)72(64(48)50)70(63(52)55)61-40-58-53(39-54(51)61)47-26-17-19-30-56(47)68(58,7)8/h11-31,34,36-40,51H,2,32-33,35H2,1,3-10H3. The number of allylic oxidation sites excluding steroid dienone is 1. The van der Waals surface area contributed by atoms with Crippen LogP contribution in [0.1, 0.15) is 130 Å². The number of aromatic nitrogens is 1. The van der Waals surface area contributed by atoms with Crippen LogP contribution in [0.15, 0.2) is 170 Å². The number of aryl methyl sites for hydroxylation is 1. The van der Waals surface area contributed by atoms with Gasteiger partial charge in [0, 0.05) is 61.5 Å². The summed E-state index contributed by atoms with van der Waals surface area (Å²) in [5.41, 5.74) is 30.8. The Hall–Kier alpha value is -7.10. The molecule has 0 spiro atoms. The zero-order chi connectivity index (χ0) is 49.4. The van der Waals surface area contributed by atoms with Gasteiger partial charge in [-0.3, -0.25) is 0 Å². The molecule has 72 heavy (non-hydrogen) atoms. The summed E-state index contributed by atoms with van der Waals surface area (Å²) in [7, 11) is 0. The molecule has 2 nitrogen and oxygen atoms in total. The molecule has 9 aromatic rings. The molecule has 0 fully saturated rings. The number of benzene rings is 8. The van der Waals surface area contributed by atoms with E-state index >= 15 is 0 Å². The Bertz CT molecular complexity index is 3780. The second-order valence-corrected chi connectivity index (χ2v) is 24.4. The zero-order valence-corrected chi connectivity index (χ0v) is 43.5. The molecule has 0 saturated carbocycles. The number of hydrogen-bond donors (Lipinski definition) is 0. The van der Waals surface area contributed by atoms with E-state index in [1.807, 2.05) is 0 Å². The number of para-hydroxylation sites is 3. The highest BCUT2D eigenvalue weighted by atomic mass is 15.1. The minimum atomic E-state index is -0.243. The summed E-state index contributed by atoms with van der Waals surface area (Å²) in [6.45, 7) is 27.4. The molecule has 0 radical (unpaired) electrons. The monoisotopic (exact) mass is 931 g/mol. The van der Waals surface area contributed by atoms with Crippen LogP contribution in [0, 0.1) is 6.92 Å². The van der Waals surface area contributed by atoms with Crippen molar-refractivity contribution in [3.63, 3.8) is 0 Å². The Morgan fingerprint density at radius 3 is 1.79 bits per heavy atom. The van der Waals surface area contributed by atoms with E-state index < -0.39 is 0 Å². The molecule has 0 saturated heterocycles. The molecular formula is C69H63BN2. The van der Waals surface area contributed by atoms with E-state index in [-0.39, 0.29) is 34.4 Å². The maximum atomic E-state index is 5.41. The first kappa shape index (κ1) is 43.7. The average Bonchev–Trinajstić information content (AvgIpc) is 3.91. The van der Waals surface area contributed by atoms with Crippen molar-refractivity contribution in [2.45, 2.75) is 109 Å². The summed E-state index contributed by atoms with van der Waals surface area (Å²) >= 11 is 0. The van der Waals surface area contributed by atoms with E-state index in [1.54, 1.807) is 0 Å². The number of hydrogen-bond acceptors (Lipinski definition) is 1. The lowest BCUT2D eigenvalue weighted by molar-refractivity contribution is 0.331. The third kappa shape index (κ3) is 5.80. The lowest BCUT2D eigenvalue weighted by Gasteiger charge is -2.42. The van der Waals surface area contributed by atoms with E-state index in [1.165, 1.54) is 129 Å². The largest absolute Gasteiger partial charge is 0.378 e. The summed E-state index contributed by atoms with van der Waals surface area (Å²) in [6, 6.07) is 63.1. The van der Waals surface area contributed by atoms with Gasteiger partial charge in [0.1, 0.15) is 0 Å². The topological polar surface area (TPSA) is 8.17 Å². The highest BCUT2D eigenvalue weighted by molar-refractivity contribution is 6.87. The van der Waals surface area contributed by atoms with Crippen LogP contribution in [-0.4, -0.2) is 11.3 Å². The Kier molecular flexibility index (Phi) is 8.95. The second-order valence-electron chi connectivity index (χ2n) is 24.4. The van der Waals surface area contributed by atoms with Gasteiger partial charge in [0.2, 0.25) is 0 Å². The molecule has 3 heteroatoms. The molecule has 0 bridgehead atoms. The van der Waals surface area contributed by atoms with E-state index in [0.717, 1.165) is 23.5 Å². The van der Waals surface area contributed by atoms with Gasteiger partial charge in [-0.2, -0.15) is 0 Å². The van der Waals surface area contributed by atoms with Gasteiger partial charge in [-0.05, 0) is 162 Å². The minimum absolute atomic E-state index is 0.00286. The average molecular weight is 931 g/mol. The molecule has 2 aliphatic heterocycles. The van der Waals surface area contributed by atoms with Gasteiger partial charge in [-0.15, -0.1) is 0 Å². The van der Waals surface area contributed by atoms with Crippen molar-refractivity contribution >= 4 is 51.3 Å². The van der Waals surface area contributed by atoms with Crippen LogP contribution in [-0.2, 0) is 28.1 Å². The fourth-order valence-electron chi connectivity index (χ4n) is 14.8. The lowest BCUT2D eigenvalue weighted by Crippen LogP contribution is -2.54. The number of rotatable bonds is 5. The van der Waals surface area contributed by atoms with Gasteiger partial charge in [-0.1, -0.05) is 189 Å². The van der Waals surface area contributed by atoms with Crippen molar-refractivity contribution in [3.8, 4) is 33.4 Å². The lowest BCUT2D eigenvalue weighted by atomic mass is 9.45. The van der Waals surface area contributed by atoms with Gasteiger partial charge in [0.15, 0.2) is 0 Å². The molecule has 1 atom stereocenters. The number of anilines is 3. The van der Waals surface area contributed by atoms with Crippen molar-refractivity contribution in [2.24, 2.45) is 0 Å². The van der Waals surface area contributed by atoms with E-state index in [2.05, 4.69) is 235 Å². The van der Waals surface area contributed by atoms with E-state index in [4.69, 9.17) is 6.58 Å². The Labute approximate surface area is 427 Å². The first-order valence-corrected chi connectivity index (χ1v) is 26.5. The summed E-state index contributed by atoms with van der Waals surface area (Å²) in [5, 5.41) is 1.34. The van der Waals surface area contributed by atoms with Crippen LogP contribution in [0.4, 0.5) is 17.1 Å². The molecule has 5 aliphatic rings. The maximum absolute atomic E-state index is 5.41. The van der Waals surface area contributed by atoms with Crippen LogP contribution in [0.2, 0.25) is 0 Å². The Morgan fingerprint density at radius 1 is 0.528 bits per heavy atom. The van der Waals surface area contributed by atoms with Crippen molar-refractivity contribution in [3.05, 3.63) is 226 Å². The van der Waals surface area contributed by atoms with Crippen LogP contribution >= 0.6 is 0 Å². The zero-order valence-electron chi connectivity index (χ0n) is 43.5. The second kappa shape index (κ2) is 14.8. The fraction of sp³-hybridized carbons (Fsp3) is 0.246. The van der Waals surface area contributed by atoms with Crippen LogP contribution in [0.3, 0.4) is 0 Å². The molecular weight excluding hydrogens is 868 g/mol. The highest BCUT2D eigenvalue weighted by Crippen LogP contribution is 2.57. The number of nitrogens with zero attached hydrogens (tertiary/aromatic N) is 2. The van der Waals surface area contributed by atoms with Crippen LogP contribution < -0.4 is 15.8 Å². The molecule has 0 amide bonds. The molecule has 1 aromatic heterocycles. The van der Waals surface area contributed by atoms with Crippen molar-refractivity contribution in [1.82, 2.24) is 4.48 Å². The van der Waals surface area contributed by atoms with Crippen LogP contribution in [0.5, 0.6) is 0 Å². The summed E-state index contributed by atoms with van der Waals surface area (Å²) in [5.74, 6) is -0.00286. The first-order chi connectivity index (χ1) is 34.6. The quantitative estimate of drug-likeness (QED) is 0.156. The first-order valence-electron chi connectivity index (χ1n) is 26.5. The van der Waals surface area contributed by atoms with Gasteiger partial charge >= 0.3 is 6.85 Å². The molecule has 8 aromatic carbocycles. The number of fused-ring (bicyclic) bond motifs is 13. The predicted octanol–water partition coefficient (Wildman–Crippen LogP) is 16.4. The molecule has 14 rings (SSSR count). The van der Waals surface area contributed by atoms with Crippen molar-refractivity contribution in [2.75, 3.05) is 4.90 Å². The SMILES string of the molecule is C=C1c2cc(N(c3ccccc3)c3ccccc3)cc3c2B(c2cc4c(cc2C1Cc1cc2c(cc1C)C(C)(C)CCC2(C)C)-c1ccccc1C4(C)C)n1c2c(c4cccc-3c41)-c1ccccc1C2(C)C. The third-order valence-corrected chi connectivity index (χ3v) is 18.7. The summed E-state index contributed by atoms with van der Waals surface area (Å²) in [6.07, 6.45) is 3.25. The van der Waals surface area contributed by atoms with Gasteiger partial charge in [0.25, 0.3) is 0 Å². The van der Waals surface area contributed by atoms with Crippen molar-refractivity contribution < 1.29 is 0 Å². The molecule has 1 unspecified atom stereocenters. The van der Waals surface area contributed by atoms with Gasteiger partial charge < -0.3 is 9.38 Å². The minimum Gasteiger partial charge on any atom is -0.378 e. The van der Waals surface area contributed by atoms with Gasteiger partial charge in [-0.25, -0.2) is 0 Å². The summed E-state index contributed by atoms with van der Waals surface area (Å²) in [4.78, 5) is 2.46. The molecule has 352 valence electrons. The van der Waals surface area contributed by atoms with E-state index in [0.29, 0.717) is 0 Å². The normalized spacial score (nSPS) is 18.3. The smallest absolute Gasteiger partial charge is 0.329 e. The Balaban J connectivity index is 1.12. The molecule has 0 N–H and O–H groups in total. The Morgan fingerprint density at radius 2 is 1.11 bits per heavy atom. The summed E-state index contributed by atoms with van der Waals surface area (Å²) < 4.78 is 2.85. The van der Waals surface area contributed by atoms with Crippen molar-refractivity contribution in [1.29, 1.82) is 0 Å². The molecule has 3 heterocycles.